The summed E-state index contributed by atoms with van der Waals surface area (Å²) >= 11 is 0. The van der Waals surface area contributed by atoms with E-state index in [-0.39, 0.29) is 5.54 Å². The minimum absolute atomic E-state index is 0.186. The molecule has 2 nitrogen and oxygen atoms in total. The van der Waals surface area contributed by atoms with Crippen LogP contribution in [0.2, 0.25) is 0 Å². The van der Waals surface area contributed by atoms with E-state index in [1.807, 2.05) is 6.20 Å². The van der Waals surface area contributed by atoms with Crippen molar-refractivity contribution in [1.29, 1.82) is 0 Å². The Morgan fingerprint density at radius 1 is 1.36 bits per heavy atom. The van der Waals surface area contributed by atoms with Crippen molar-refractivity contribution in [2.45, 2.75) is 39.7 Å². The predicted octanol–water partition coefficient (Wildman–Crippen LogP) is 1.93. The molecule has 0 spiro atoms. The lowest BCUT2D eigenvalue weighted by atomic mass is 10.1. The minimum atomic E-state index is 0.186. The van der Waals surface area contributed by atoms with Crippen LogP contribution in [0.15, 0.2) is 12.4 Å². The summed E-state index contributed by atoms with van der Waals surface area (Å²) in [6.07, 6.45) is 4.70. The van der Waals surface area contributed by atoms with Crippen molar-refractivity contribution >= 4 is 0 Å². The number of hydrogen-bond acceptors (Lipinski definition) is 2. The third-order valence-electron chi connectivity index (χ3n) is 1.59. The fourth-order valence-corrected chi connectivity index (χ4v) is 0.978. The summed E-state index contributed by atoms with van der Waals surface area (Å²) in [5.74, 6) is 0. The van der Waals surface area contributed by atoms with E-state index in [4.69, 9.17) is 5.73 Å². The van der Waals surface area contributed by atoms with Gasteiger partial charge in [0.25, 0.3) is 0 Å². The Hall–Kier alpha value is -0.660. The molecule has 0 aliphatic carbocycles. The van der Waals surface area contributed by atoms with Crippen LogP contribution in [-0.4, -0.2) is 17.0 Å². The Labute approximate surface area is 70.1 Å². The second-order valence-corrected chi connectivity index (χ2v) is 3.71. The summed E-state index contributed by atoms with van der Waals surface area (Å²) in [7, 11) is 0. The fraction of sp³-hybridized carbons (Fsp3) is 0.778. The largest absolute Gasteiger partial charge is 0.403 e. The van der Waals surface area contributed by atoms with E-state index in [9.17, 15) is 0 Å². The molecule has 0 unspecified atom stereocenters. The van der Waals surface area contributed by atoms with Crippen molar-refractivity contribution in [2.24, 2.45) is 5.73 Å². The topological polar surface area (TPSA) is 29.3 Å². The molecular formula is C9H20N2. The molecule has 0 heterocycles. The van der Waals surface area contributed by atoms with Crippen LogP contribution in [-0.2, 0) is 0 Å². The highest BCUT2D eigenvalue weighted by Crippen LogP contribution is 2.13. The highest BCUT2D eigenvalue weighted by atomic mass is 15.2. The van der Waals surface area contributed by atoms with Gasteiger partial charge in [-0.2, -0.15) is 0 Å². The van der Waals surface area contributed by atoms with Gasteiger partial charge in [0, 0.05) is 24.5 Å². The molecule has 66 valence electrons. The Bertz CT molecular complexity index is 122. The maximum atomic E-state index is 5.33. The van der Waals surface area contributed by atoms with E-state index in [1.165, 1.54) is 0 Å². The molecule has 0 rings (SSSR count). The van der Waals surface area contributed by atoms with Crippen LogP contribution in [0, 0.1) is 0 Å². The van der Waals surface area contributed by atoms with E-state index in [0.717, 1.165) is 13.0 Å². The first kappa shape index (κ1) is 10.3. The molecule has 11 heavy (non-hydrogen) atoms. The molecule has 2 heteroatoms. The van der Waals surface area contributed by atoms with E-state index in [1.54, 1.807) is 6.20 Å². The van der Waals surface area contributed by atoms with Gasteiger partial charge in [-0.3, -0.25) is 0 Å². The summed E-state index contributed by atoms with van der Waals surface area (Å²) < 4.78 is 0. The van der Waals surface area contributed by atoms with Crippen LogP contribution in [0.4, 0.5) is 0 Å². The first-order valence-corrected chi connectivity index (χ1v) is 4.17. The maximum absolute atomic E-state index is 5.33. The number of hydrogen-bond donors (Lipinski definition) is 1. The normalized spacial score (nSPS) is 12.4. The summed E-state index contributed by atoms with van der Waals surface area (Å²) in [5, 5.41) is 0. The SMILES string of the molecule is CCCN(/C=C\N)C(C)(C)C. The zero-order valence-electron chi connectivity index (χ0n) is 8.09. The average molecular weight is 156 g/mol. The molecular weight excluding hydrogens is 136 g/mol. The number of nitrogens with zero attached hydrogens (tertiary/aromatic N) is 1. The van der Waals surface area contributed by atoms with Gasteiger partial charge in [0.2, 0.25) is 0 Å². The van der Waals surface area contributed by atoms with Gasteiger partial charge in [-0.25, -0.2) is 0 Å². The highest BCUT2D eigenvalue weighted by Gasteiger charge is 2.15. The van der Waals surface area contributed by atoms with Crippen molar-refractivity contribution in [1.82, 2.24) is 4.90 Å². The third-order valence-corrected chi connectivity index (χ3v) is 1.59. The van der Waals surface area contributed by atoms with Gasteiger partial charge < -0.3 is 10.6 Å². The molecule has 0 atom stereocenters. The van der Waals surface area contributed by atoms with Gasteiger partial charge in [-0.1, -0.05) is 6.92 Å². The summed E-state index contributed by atoms with van der Waals surface area (Å²) in [4.78, 5) is 2.24. The summed E-state index contributed by atoms with van der Waals surface area (Å²) in [6, 6.07) is 0. The molecule has 0 saturated heterocycles. The summed E-state index contributed by atoms with van der Waals surface area (Å²) in [5.41, 5.74) is 5.52. The van der Waals surface area contributed by atoms with E-state index >= 15 is 0 Å². The van der Waals surface area contributed by atoms with E-state index < -0.39 is 0 Å². The molecule has 2 N–H and O–H groups in total. The van der Waals surface area contributed by atoms with Crippen LogP contribution in [0.5, 0.6) is 0 Å². The van der Waals surface area contributed by atoms with Crippen molar-refractivity contribution < 1.29 is 0 Å². The zero-order valence-corrected chi connectivity index (χ0v) is 8.09. The van der Waals surface area contributed by atoms with Crippen molar-refractivity contribution in [3.8, 4) is 0 Å². The maximum Gasteiger partial charge on any atom is 0.0313 e. The van der Waals surface area contributed by atoms with Crippen molar-refractivity contribution in [3.63, 3.8) is 0 Å². The minimum Gasteiger partial charge on any atom is -0.403 e. The summed E-state index contributed by atoms with van der Waals surface area (Å²) in [6.45, 7) is 9.79. The molecule has 0 aromatic heterocycles. The van der Waals surface area contributed by atoms with Crippen molar-refractivity contribution in [2.75, 3.05) is 6.54 Å². The third kappa shape index (κ3) is 3.91. The quantitative estimate of drug-likeness (QED) is 0.676. The van der Waals surface area contributed by atoms with E-state index in [0.29, 0.717) is 0 Å². The first-order valence-electron chi connectivity index (χ1n) is 4.17. The highest BCUT2D eigenvalue weighted by molar-refractivity contribution is 4.86. The molecule has 0 aliphatic heterocycles. The van der Waals surface area contributed by atoms with Gasteiger partial charge >= 0.3 is 0 Å². The van der Waals surface area contributed by atoms with Crippen molar-refractivity contribution in [3.05, 3.63) is 12.4 Å². The van der Waals surface area contributed by atoms with Gasteiger partial charge in [-0.15, -0.1) is 0 Å². The second-order valence-electron chi connectivity index (χ2n) is 3.71. The van der Waals surface area contributed by atoms with Crippen LogP contribution in [0.1, 0.15) is 34.1 Å². The Morgan fingerprint density at radius 3 is 2.18 bits per heavy atom. The molecule has 0 fully saturated rings. The Kier molecular flexibility index (Phi) is 4.01. The molecule has 0 aromatic rings. The monoisotopic (exact) mass is 156 g/mol. The molecule has 0 aromatic carbocycles. The lowest BCUT2D eigenvalue weighted by Gasteiger charge is -2.34. The Balaban J connectivity index is 4.10. The van der Waals surface area contributed by atoms with Gasteiger partial charge in [0.15, 0.2) is 0 Å². The molecule has 0 amide bonds. The molecule has 0 saturated carbocycles. The average Bonchev–Trinajstić information content (AvgIpc) is 1.85. The second kappa shape index (κ2) is 4.27. The van der Waals surface area contributed by atoms with Gasteiger partial charge in [0.05, 0.1) is 0 Å². The standard InChI is InChI=1S/C9H20N2/c1-5-7-11(8-6-10)9(2,3)4/h6,8H,5,7,10H2,1-4H3/b8-6-. The molecule has 0 bridgehead atoms. The van der Waals surface area contributed by atoms with Crippen LogP contribution < -0.4 is 5.73 Å². The smallest absolute Gasteiger partial charge is 0.0313 e. The van der Waals surface area contributed by atoms with Crippen LogP contribution in [0.3, 0.4) is 0 Å². The predicted molar refractivity (Wildman–Crippen MR) is 50.1 cm³/mol. The van der Waals surface area contributed by atoms with Crippen LogP contribution >= 0.6 is 0 Å². The molecule has 0 aliphatic rings. The number of nitrogens with two attached hydrogens (primary N) is 1. The fourth-order valence-electron chi connectivity index (χ4n) is 0.978. The Morgan fingerprint density at radius 2 is 1.91 bits per heavy atom. The first-order chi connectivity index (χ1) is 5.02. The number of rotatable bonds is 3. The lowest BCUT2D eigenvalue weighted by molar-refractivity contribution is 0.206. The van der Waals surface area contributed by atoms with Crippen LogP contribution in [0.25, 0.3) is 0 Å². The van der Waals surface area contributed by atoms with E-state index in [2.05, 4.69) is 32.6 Å². The lowest BCUT2D eigenvalue weighted by Crippen LogP contribution is -2.37. The van der Waals surface area contributed by atoms with Gasteiger partial charge in [0.1, 0.15) is 0 Å². The molecule has 0 radical (unpaired) electrons. The zero-order chi connectivity index (χ0) is 8.91. The van der Waals surface area contributed by atoms with Gasteiger partial charge in [-0.05, 0) is 27.2 Å².